The molecule has 7 heteroatoms. The van der Waals surface area contributed by atoms with E-state index in [0.29, 0.717) is 37.2 Å². The summed E-state index contributed by atoms with van der Waals surface area (Å²) >= 11 is 0. The van der Waals surface area contributed by atoms with Gasteiger partial charge in [-0.25, -0.2) is 0 Å². The van der Waals surface area contributed by atoms with Crippen LogP contribution in [0.2, 0.25) is 0 Å². The van der Waals surface area contributed by atoms with Gasteiger partial charge in [0.05, 0.1) is 5.69 Å². The van der Waals surface area contributed by atoms with E-state index in [1.165, 1.54) is 68.7 Å². The lowest BCUT2D eigenvalue weighted by Gasteiger charge is -2.42. The van der Waals surface area contributed by atoms with Crippen LogP contribution in [0.3, 0.4) is 0 Å². The molecule has 1 spiro atoms. The molecule has 1 atom stereocenters. The van der Waals surface area contributed by atoms with E-state index in [9.17, 15) is 4.79 Å². The lowest BCUT2D eigenvalue weighted by Crippen LogP contribution is -2.49. The minimum absolute atomic E-state index is 0.0170. The molecule has 1 aromatic rings. The minimum atomic E-state index is 0.0170. The maximum Gasteiger partial charge on any atom is 0.318 e. The second-order valence-corrected chi connectivity index (χ2v) is 10.6. The van der Waals surface area contributed by atoms with Crippen molar-refractivity contribution in [2.24, 2.45) is 5.41 Å². The Kier molecular flexibility index (Phi) is 6.59. The molecule has 4 aliphatic rings. The van der Waals surface area contributed by atoms with Crippen molar-refractivity contribution in [1.29, 1.82) is 0 Å². The van der Waals surface area contributed by atoms with E-state index >= 15 is 0 Å². The number of carbonyl (C=O) groups excluding carboxylic acids is 1. The Morgan fingerprint density at radius 2 is 1.88 bits per heavy atom. The Morgan fingerprint density at radius 1 is 1.09 bits per heavy atom. The third-order valence-electron chi connectivity index (χ3n) is 8.55. The average Bonchev–Trinajstić information content (AvgIpc) is 3.26. The molecule has 0 N–H and O–H groups in total. The molecule has 7 nitrogen and oxygen atoms in total. The van der Waals surface area contributed by atoms with Gasteiger partial charge >= 0.3 is 6.01 Å². The predicted octanol–water partition coefficient (Wildman–Crippen LogP) is 3.22. The molecule has 0 unspecified atom stereocenters. The summed E-state index contributed by atoms with van der Waals surface area (Å²) < 4.78 is 6.24. The Bertz CT molecular complexity index is 874. The first kappa shape index (κ1) is 22.6. The normalized spacial score (nSPS) is 25.2. The summed E-state index contributed by atoms with van der Waals surface area (Å²) in [6.45, 7) is 8.42. The van der Waals surface area contributed by atoms with E-state index in [1.54, 1.807) is 0 Å². The van der Waals surface area contributed by atoms with Gasteiger partial charge in [-0.15, -0.1) is 0 Å². The molecular formula is C26H39N5O2. The molecule has 180 valence electrons. The molecule has 0 bridgehead atoms. The SMILES string of the molecule is C=CC(=O)N1CCN(c2nc(OC[C@@H]3CCCN3C)nc3c2CCC2(CCCCC2)C3)CC1. The fraction of sp³-hybridized carbons (Fsp3) is 0.731. The fourth-order valence-electron chi connectivity index (χ4n) is 6.41. The summed E-state index contributed by atoms with van der Waals surface area (Å²) in [5, 5.41) is 0. The van der Waals surface area contributed by atoms with Crippen molar-refractivity contribution in [3.05, 3.63) is 23.9 Å². The Balaban J connectivity index is 1.39. The maximum absolute atomic E-state index is 12.0. The molecule has 3 fully saturated rings. The summed E-state index contributed by atoms with van der Waals surface area (Å²) in [6, 6.07) is 0.993. The van der Waals surface area contributed by atoms with Gasteiger partial charge in [-0.1, -0.05) is 25.8 Å². The number of rotatable bonds is 5. The molecular weight excluding hydrogens is 414 g/mol. The van der Waals surface area contributed by atoms with Crippen molar-refractivity contribution in [2.45, 2.75) is 70.3 Å². The molecule has 2 aliphatic carbocycles. The van der Waals surface area contributed by atoms with Crippen LogP contribution in [-0.2, 0) is 17.6 Å². The molecule has 0 radical (unpaired) electrons. The van der Waals surface area contributed by atoms with E-state index < -0.39 is 0 Å². The van der Waals surface area contributed by atoms with Gasteiger partial charge in [0.25, 0.3) is 0 Å². The topological polar surface area (TPSA) is 61.8 Å². The fourth-order valence-corrected chi connectivity index (χ4v) is 6.41. The highest BCUT2D eigenvalue weighted by molar-refractivity contribution is 5.87. The lowest BCUT2D eigenvalue weighted by molar-refractivity contribution is -0.126. The summed E-state index contributed by atoms with van der Waals surface area (Å²) in [4.78, 5) is 28.6. The number of amides is 1. The van der Waals surface area contributed by atoms with Crippen LogP contribution in [0.25, 0.3) is 0 Å². The van der Waals surface area contributed by atoms with Gasteiger partial charge in [-0.05, 0) is 70.0 Å². The third-order valence-corrected chi connectivity index (χ3v) is 8.55. The van der Waals surface area contributed by atoms with Crippen molar-refractivity contribution >= 4 is 11.7 Å². The Labute approximate surface area is 198 Å². The first-order valence-corrected chi connectivity index (χ1v) is 13.0. The number of carbonyl (C=O) groups is 1. The van der Waals surface area contributed by atoms with Crippen LogP contribution < -0.4 is 9.64 Å². The number of piperazine rings is 1. The zero-order chi connectivity index (χ0) is 22.8. The molecule has 3 heterocycles. The highest BCUT2D eigenvalue weighted by atomic mass is 16.5. The van der Waals surface area contributed by atoms with Gasteiger partial charge in [-0.3, -0.25) is 4.79 Å². The standard InChI is InChI=1S/C26H39N5O2/c1-3-23(32)30-14-16-31(17-15-30)24-21-9-12-26(10-5-4-6-11-26)18-22(21)27-25(28-24)33-19-20-8-7-13-29(20)2/h3,20H,1,4-19H2,2H3/t20-/m0/s1. The number of hydrogen-bond acceptors (Lipinski definition) is 6. The molecule has 0 aromatic carbocycles. The van der Waals surface area contributed by atoms with Crippen LogP contribution in [-0.4, -0.2) is 78.1 Å². The smallest absolute Gasteiger partial charge is 0.318 e. The number of ether oxygens (including phenoxy) is 1. The van der Waals surface area contributed by atoms with Gasteiger partial charge in [0.15, 0.2) is 0 Å². The van der Waals surface area contributed by atoms with Crippen molar-refractivity contribution < 1.29 is 9.53 Å². The Hall–Kier alpha value is -2.15. The average molecular weight is 454 g/mol. The van der Waals surface area contributed by atoms with Crippen molar-refractivity contribution in [3.8, 4) is 6.01 Å². The zero-order valence-corrected chi connectivity index (χ0v) is 20.2. The zero-order valence-electron chi connectivity index (χ0n) is 20.2. The van der Waals surface area contributed by atoms with Gasteiger partial charge in [0.1, 0.15) is 12.4 Å². The largest absolute Gasteiger partial charge is 0.462 e. The summed E-state index contributed by atoms with van der Waals surface area (Å²) in [5.74, 6) is 1.06. The predicted molar refractivity (Wildman–Crippen MR) is 130 cm³/mol. The number of aromatic nitrogens is 2. The number of hydrogen-bond donors (Lipinski definition) is 0. The molecule has 1 amide bonds. The number of nitrogens with zero attached hydrogens (tertiary/aromatic N) is 5. The van der Waals surface area contributed by atoms with Crippen molar-refractivity contribution in [3.63, 3.8) is 0 Å². The number of anilines is 1. The van der Waals surface area contributed by atoms with E-state index in [-0.39, 0.29) is 5.91 Å². The minimum Gasteiger partial charge on any atom is -0.462 e. The van der Waals surface area contributed by atoms with Gasteiger partial charge < -0.3 is 19.4 Å². The van der Waals surface area contributed by atoms with Crippen molar-refractivity contribution in [2.75, 3.05) is 51.3 Å². The van der Waals surface area contributed by atoms with Crippen LogP contribution in [0, 0.1) is 5.41 Å². The number of fused-ring (bicyclic) bond motifs is 1. The molecule has 33 heavy (non-hydrogen) atoms. The second kappa shape index (κ2) is 9.61. The van der Waals surface area contributed by atoms with Crippen LogP contribution in [0.1, 0.15) is 62.6 Å². The first-order valence-electron chi connectivity index (χ1n) is 13.0. The van der Waals surface area contributed by atoms with E-state index in [1.807, 2.05) is 4.90 Å². The first-order chi connectivity index (χ1) is 16.1. The summed E-state index contributed by atoms with van der Waals surface area (Å²) in [5.41, 5.74) is 2.96. The van der Waals surface area contributed by atoms with Crippen molar-refractivity contribution in [1.82, 2.24) is 19.8 Å². The van der Waals surface area contributed by atoms with E-state index in [4.69, 9.17) is 14.7 Å². The van der Waals surface area contributed by atoms with Gasteiger partial charge in [-0.2, -0.15) is 9.97 Å². The summed E-state index contributed by atoms with van der Waals surface area (Å²) in [6.07, 6.45) is 13.9. The molecule has 1 aromatic heterocycles. The Morgan fingerprint density at radius 3 is 2.58 bits per heavy atom. The molecule has 1 saturated carbocycles. The van der Waals surface area contributed by atoms with Gasteiger partial charge in [0.2, 0.25) is 5.91 Å². The van der Waals surface area contributed by atoms with Crippen LogP contribution in [0.15, 0.2) is 12.7 Å². The monoisotopic (exact) mass is 453 g/mol. The maximum atomic E-state index is 12.0. The van der Waals surface area contributed by atoms with Crippen LogP contribution in [0.5, 0.6) is 6.01 Å². The number of likely N-dealkylation sites (tertiary alicyclic amines) is 1. The molecule has 2 aliphatic heterocycles. The van der Waals surface area contributed by atoms with Gasteiger partial charge in [0, 0.05) is 37.8 Å². The van der Waals surface area contributed by atoms with E-state index in [2.05, 4.69) is 23.4 Å². The van der Waals surface area contributed by atoms with E-state index in [0.717, 1.165) is 38.3 Å². The second-order valence-electron chi connectivity index (χ2n) is 10.6. The summed E-state index contributed by atoms with van der Waals surface area (Å²) in [7, 11) is 2.18. The highest BCUT2D eigenvalue weighted by Gasteiger charge is 2.38. The quantitative estimate of drug-likeness (QED) is 0.638. The molecule has 5 rings (SSSR count). The number of likely N-dealkylation sites (N-methyl/N-ethyl adjacent to an activating group) is 1. The lowest BCUT2D eigenvalue weighted by atomic mass is 9.65. The molecule has 2 saturated heterocycles. The third kappa shape index (κ3) is 4.75. The highest BCUT2D eigenvalue weighted by Crippen LogP contribution is 2.47. The van der Waals surface area contributed by atoms with Crippen LogP contribution >= 0.6 is 0 Å². The van der Waals surface area contributed by atoms with Crippen LogP contribution in [0.4, 0.5) is 5.82 Å².